The molecule has 0 aromatic carbocycles. The van der Waals surface area contributed by atoms with Crippen molar-refractivity contribution in [3.05, 3.63) is 52.6 Å². The van der Waals surface area contributed by atoms with E-state index < -0.39 is 0 Å². The molecule has 0 N–H and O–H groups in total. The maximum atomic E-state index is 14.0. The Labute approximate surface area is 119 Å². The second-order valence-corrected chi connectivity index (χ2v) is 5.51. The molecule has 2 aromatic heterocycles. The molecule has 0 amide bonds. The molecule has 0 saturated carbocycles. The second kappa shape index (κ2) is 5.25. The number of halogens is 2. The van der Waals surface area contributed by atoms with E-state index in [9.17, 15) is 4.39 Å². The number of nitrogens with zero attached hydrogens (tertiary/aromatic N) is 3. The van der Waals surface area contributed by atoms with Gasteiger partial charge in [-0.05, 0) is 46.5 Å². The SMILES string of the molecule is Fc1cc(Br)cnc1N1CCCC1c1cccnc1. The first-order valence-corrected chi connectivity index (χ1v) is 7.02. The van der Waals surface area contributed by atoms with Gasteiger partial charge in [-0.25, -0.2) is 9.37 Å². The minimum atomic E-state index is -0.287. The molecule has 1 aliphatic heterocycles. The highest BCUT2D eigenvalue weighted by Gasteiger charge is 2.29. The van der Waals surface area contributed by atoms with Crippen LogP contribution < -0.4 is 4.90 Å². The van der Waals surface area contributed by atoms with Gasteiger partial charge in [-0.3, -0.25) is 4.98 Å². The molecule has 0 spiro atoms. The zero-order valence-electron chi connectivity index (χ0n) is 10.3. The zero-order chi connectivity index (χ0) is 13.2. The largest absolute Gasteiger partial charge is 0.347 e. The van der Waals surface area contributed by atoms with Crippen molar-refractivity contribution in [3.8, 4) is 0 Å². The van der Waals surface area contributed by atoms with Crippen molar-refractivity contribution in [1.29, 1.82) is 0 Å². The number of aromatic nitrogens is 2. The molecule has 5 heteroatoms. The van der Waals surface area contributed by atoms with Crippen LogP contribution >= 0.6 is 15.9 Å². The van der Waals surface area contributed by atoms with Crippen molar-refractivity contribution < 1.29 is 4.39 Å². The maximum Gasteiger partial charge on any atom is 0.166 e. The van der Waals surface area contributed by atoms with Crippen molar-refractivity contribution in [2.45, 2.75) is 18.9 Å². The standard InChI is InChI=1S/C14H13BrFN3/c15-11-7-12(16)14(18-9-11)19-6-2-4-13(19)10-3-1-5-17-8-10/h1,3,5,7-9,13H,2,4,6H2. The highest BCUT2D eigenvalue weighted by Crippen LogP contribution is 2.36. The summed E-state index contributed by atoms with van der Waals surface area (Å²) in [7, 11) is 0. The first-order valence-electron chi connectivity index (χ1n) is 6.23. The minimum absolute atomic E-state index is 0.164. The zero-order valence-corrected chi connectivity index (χ0v) is 11.8. The van der Waals surface area contributed by atoms with Crippen LogP contribution in [0.2, 0.25) is 0 Å². The van der Waals surface area contributed by atoms with Crippen LogP contribution in [0.5, 0.6) is 0 Å². The third kappa shape index (κ3) is 2.47. The summed E-state index contributed by atoms with van der Waals surface area (Å²) in [6.07, 6.45) is 7.28. The first kappa shape index (κ1) is 12.5. The Balaban J connectivity index is 1.95. The average molecular weight is 322 g/mol. The third-order valence-electron chi connectivity index (χ3n) is 3.38. The van der Waals surface area contributed by atoms with Gasteiger partial charge in [-0.1, -0.05) is 6.07 Å². The molecule has 1 saturated heterocycles. The van der Waals surface area contributed by atoms with Crippen molar-refractivity contribution in [3.63, 3.8) is 0 Å². The van der Waals surface area contributed by atoms with Gasteiger partial charge in [-0.2, -0.15) is 0 Å². The Hall–Kier alpha value is -1.49. The van der Waals surface area contributed by atoms with Crippen LogP contribution in [-0.4, -0.2) is 16.5 Å². The van der Waals surface area contributed by atoms with Crippen LogP contribution in [0, 0.1) is 5.82 Å². The molecule has 98 valence electrons. The molecule has 2 aromatic rings. The van der Waals surface area contributed by atoms with Gasteiger partial charge in [-0.15, -0.1) is 0 Å². The van der Waals surface area contributed by atoms with Crippen LogP contribution in [0.3, 0.4) is 0 Å². The molecule has 1 aliphatic rings. The summed E-state index contributed by atoms with van der Waals surface area (Å²) in [5.74, 6) is 0.139. The Morgan fingerprint density at radius 1 is 1.37 bits per heavy atom. The summed E-state index contributed by atoms with van der Waals surface area (Å²) in [4.78, 5) is 10.4. The lowest BCUT2D eigenvalue weighted by Gasteiger charge is -2.26. The van der Waals surface area contributed by atoms with Crippen molar-refractivity contribution in [1.82, 2.24) is 9.97 Å². The number of hydrogen-bond acceptors (Lipinski definition) is 3. The Morgan fingerprint density at radius 2 is 2.26 bits per heavy atom. The van der Waals surface area contributed by atoms with Crippen LogP contribution in [0.1, 0.15) is 24.4 Å². The summed E-state index contributed by atoms with van der Waals surface area (Å²) in [5, 5.41) is 0. The van der Waals surface area contributed by atoms with E-state index in [4.69, 9.17) is 0 Å². The van der Waals surface area contributed by atoms with Crippen molar-refractivity contribution in [2.24, 2.45) is 0 Å². The lowest BCUT2D eigenvalue weighted by atomic mass is 10.1. The lowest BCUT2D eigenvalue weighted by Crippen LogP contribution is -2.24. The maximum absolute atomic E-state index is 14.0. The van der Waals surface area contributed by atoms with E-state index in [1.165, 1.54) is 6.07 Å². The summed E-state index contributed by atoms with van der Waals surface area (Å²) < 4.78 is 14.7. The molecule has 1 unspecified atom stereocenters. The van der Waals surface area contributed by atoms with E-state index in [1.807, 2.05) is 23.2 Å². The first-order chi connectivity index (χ1) is 9.25. The number of pyridine rings is 2. The molecule has 3 nitrogen and oxygen atoms in total. The fourth-order valence-corrected chi connectivity index (χ4v) is 2.86. The van der Waals surface area contributed by atoms with Crippen molar-refractivity contribution >= 4 is 21.7 Å². The van der Waals surface area contributed by atoms with Crippen LogP contribution in [0.15, 0.2) is 41.3 Å². The van der Waals surface area contributed by atoms with Crippen LogP contribution in [0.4, 0.5) is 10.2 Å². The molecule has 19 heavy (non-hydrogen) atoms. The quantitative estimate of drug-likeness (QED) is 0.844. The predicted octanol–water partition coefficient (Wildman–Crippen LogP) is 3.72. The fraction of sp³-hybridized carbons (Fsp3) is 0.286. The van der Waals surface area contributed by atoms with E-state index in [0.717, 1.165) is 24.9 Å². The van der Waals surface area contributed by atoms with Gasteiger partial charge in [0.25, 0.3) is 0 Å². The van der Waals surface area contributed by atoms with Gasteiger partial charge in [0.1, 0.15) is 0 Å². The van der Waals surface area contributed by atoms with E-state index in [0.29, 0.717) is 10.3 Å². The van der Waals surface area contributed by atoms with Crippen molar-refractivity contribution in [2.75, 3.05) is 11.4 Å². The van der Waals surface area contributed by atoms with Gasteiger partial charge >= 0.3 is 0 Å². The summed E-state index contributed by atoms with van der Waals surface area (Å²) >= 11 is 3.23. The number of rotatable bonds is 2. The van der Waals surface area contributed by atoms with Crippen LogP contribution in [-0.2, 0) is 0 Å². The van der Waals surface area contributed by atoms with Gasteiger partial charge in [0.2, 0.25) is 0 Å². The van der Waals surface area contributed by atoms with E-state index in [2.05, 4.69) is 25.9 Å². The van der Waals surface area contributed by atoms with Gasteiger partial charge in [0.15, 0.2) is 11.6 Å². The van der Waals surface area contributed by atoms with Gasteiger partial charge in [0, 0.05) is 29.6 Å². The molecule has 1 atom stereocenters. The molecular weight excluding hydrogens is 309 g/mol. The minimum Gasteiger partial charge on any atom is -0.347 e. The monoisotopic (exact) mass is 321 g/mol. The van der Waals surface area contributed by atoms with Gasteiger partial charge < -0.3 is 4.90 Å². The predicted molar refractivity (Wildman–Crippen MR) is 75.5 cm³/mol. The van der Waals surface area contributed by atoms with Gasteiger partial charge in [0.05, 0.1) is 6.04 Å². The van der Waals surface area contributed by atoms with E-state index in [-0.39, 0.29) is 11.9 Å². The lowest BCUT2D eigenvalue weighted by molar-refractivity contribution is 0.601. The number of hydrogen-bond donors (Lipinski definition) is 0. The van der Waals surface area contributed by atoms with E-state index >= 15 is 0 Å². The molecule has 3 heterocycles. The summed E-state index contributed by atoms with van der Waals surface area (Å²) in [6, 6.07) is 5.57. The van der Waals surface area contributed by atoms with Crippen LogP contribution in [0.25, 0.3) is 0 Å². The molecule has 3 rings (SSSR count). The Bertz CT molecular complexity index is 576. The highest BCUT2D eigenvalue weighted by molar-refractivity contribution is 9.10. The van der Waals surface area contributed by atoms with E-state index in [1.54, 1.807) is 12.4 Å². The smallest absolute Gasteiger partial charge is 0.166 e. The fourth-order valence-electron chi connectivity index (χ4n) is 2.56. The Kier molecular flexibility index (Phi) is 3.46. The topological polar surface area (TPSA) is 29.0 Å². The molecular formula is C14H13BrFN3. The summed E-state index contributed by atoms with van der Waals surface area (Å²) in [6.45, 7) is 0.825. The highest BCUT2D eigenvalue weighted by atomic mass is 79.9. The summed E-state index contributed by atoms with van der Waals surface area (Å²) in [5.41, 5.74) is 1.11. The average Bonchev–Trinajstić information content (AvgIpc) is 2.89. The molecule has 0 bridgehead atoms. The molecule has 0 aliphatic carbocycles. The molecule has 1 fully saturated rings. The molecule has 0 radical (unpaired) electrons. The Morgan fingerprint density at radius 3 is 3.00 bits per heavy atom. The third-order valence-corrected chi connectivity index (χ3v) is 3.82. The number of anilines is 1. The second-order valence-electron chi connectivity index (χ2n) is 4.60. The normalized spacial score (nSPS) is 18.8.